The van der Waals surface area contributed by atoms with Gasteiger partial charge in [0.25, 0.3) is 0 Å². The second-order valence-corrected chi connectivity index (χ2v) is 5.23. The van der Waals surface area contributed by atoms with Crippen LogP contribution in [-0.2, 0) is 6.42 Å². The van der Waals surface area contributed by atoms with Gasteiger partial charge in [0.2, 0.25) is 0 Å². The first-order chi connectivity index (χ1) is 7.63. The van der Waals surface area contributed by atoms with E-state index >= 15 is 0 Å². The van der Waals surface area contributed by atoms with E-state index in [0.29, 0.717) is 5.82 Å². The zero-order valence-corrected chi connectivity index (χ0v) is 10.6. The van der Waals surface area contributed by atoms with Gasteiger partial charge in [-0.25, -0.2) is 0 Å². The Kier molecular flexibility index (Phi) is 3.01. The molecule has 3 nitrogen and oxygen atoms in total. The second-order valence-electron chi connectivity index (χ2n) is 3.98. The van der Waals surface area contributed by atoms with Gasteiger partial charge >= 0.3 is 0 Å². The summed E-state index contributed by atoms with van der Waals surface area (Å²) in [6, 6.07) is 2.14. The zero-order chi connectivity index (χ0) is 11.7. The first-order valence-electron chi connectivity index (χ1n) is 5.45. The maximum absolute atomic E-state index is 5.81. The summed E-state index contributed by atoms with van der Waals surface area (Å²) >= 11 is 1.73. The summed E-state index contributed by atoms with van der Waals surface area (Å²) in [6.07, 6.45) is 1.96. The molecule has 2 aromatic rings. The normalized spacial score (nSPS) is 10.9. The summed E-state index contributed by atoms with van der Waals surface area (Å²) in [7, 11) is 0. The van der Waals surface area contributed by atoms with E-state index in [1.54, 1.807) is 11.3 Å². The SMILES string of the molecule is CCCc1c(N)noc1-c1cc(C)c(C)s1. The van der Waals surface area contributed by atoms with Crippen LogP contribution >= 0.6 is 11.3 Å². The van der Waals surface area contributed by atoms with Crippen LogP contribution in [0.25, 0.3) is 10.6 Å². The monoisotopic (exact) mass is 236 g/mol. The maximum Gasteiger partial charge on any atom is 0.182 e. The Bertz CT molecular complexity index is 480. The molecule has 0 bridgehead atoms. The third kappa shape index (κ3) is 1.85. The van der Waals surface area contributed by atoms with E-state index < -0.39 is 0 Å². The molecule has 0 aliphatic rings. The predicted molar refractivity (Wildman–Crippen MR) is 67.7 cm³/mol. The molecule has 86 valence electrons. The second kappa shape index (κ2) is 4.29. The highest BCUT2D eigenvalue weighted by molar-refractivity contribution is 7.15. The molecule has 0 atom stereocenters. The molecule has 0 radical (unpaired) electrons. The lowest BCUT2D eigenvalue weighted by Gasteiger charge is -1.96. The fourth-order valence-corrected chi connectivity index (χ4v) is 2.73. The van der Waals surface area contributed by atoms with Gasteiger partial charge in [0.1, 0.15) is 0 Å². The fourth-order valence-electron chi connectivity index (χ4n) is 1.69. The third-order valence-corrected chi connectivity index (χ3v) is 3.86. The molecule has 0 saturated carbocycles. The topological polar surface area (TPSA) is 52.0 Å². The van der Waals surface area contributed by atoms with Crippen LogP contribution in [0.3, 0.4) is 0 Å². The fraction of sp³-hybridized carbons (Fsp3) is 0.417. The molecule has 16 heavy (non-hydrogen) atoms. The number of nitrogens with two attached hydrogens (primary N) is 1. The van der Waals surface area contributed by atoms with Crippen molar-refractivity contribution in [2.24, 2.45) is 0 Å². The Morgan fingerprint density at radius 3 is 2.75 bits per heavy atom. The van der Waals surface area contributed by atoms with Crippen LogP contribution in [0.1, 0.15) is 29.3 Å². The molecule has 2 aromatic heterocycles. The molecule has 0 saturated heterocycles. The molecule has 0 aliphatic carbocycles. The molecule has 4 heteroatoms. The Morgan fingerprint density at radius 1 is 1.44 bits per heavy atom. The van der Waals surface area contributed by atoms with Crippen molar-refractivity contribution in [1.82, 2.24) is 5.16 Å². The molecule has 0 aromatic carbocycles. The van der Waals surface area contributed by atoms with Gasteiger partial charge in [-0.05, 0) is 31.9 Å². The molecular formula is C12H16N2OS. The molecule has 0 spiro atoms. The van der Waals surface area contributed by atoms with Gasteiger partial charge in [-0.2, -0.15) is 0 Å². The molecule has 2 N–H and O–H groups in total. The first-order valence-corrected chi connectivity index (χ1v) is 6.26. The van der Waals surface area contributed by atoms with Crippen molar-refractivity contribution in [2.75, 3.05) is 5.73 Å². The lowest BCUT2D eigenvalue weighted by Crippen LogP contribution is -1.91. The highest BCUT2D eigenvalue weighted by Crippen LogP contribution is 2.35. The summed E-state index contributed by atoms with van der Waals surface area (Å²) in [5, 5.41) is 3.86. The highest BCUT2D eigenvalue weighted by atomic mass is 32.1. The summed E-state index contributed by atoms with van der Waals surface area (Å²) in [5.41, 5.74) is 8.14. The molecule has 0 unspecified atom stereocenters. The average Bonchev–Trinajstić information content (AvgIpc) is 2.74. The van der Waals surface area contributed by atoms with E-state index in [-0.39, 0.29) is 0 Å². The smallest absolute Gasteiger partial charge is 0.182 e. The minimum atomic E-state index is 0.528. The minimum absolute atomic E-state index is 0.528. The van der Waals surface area contributed by atoms with Crippen molar-refractivity contribution in [1.29, 1.82) is 0 Å². The van der Waals surface area contributed by atoms with E-state index in [2.05, 4.69) is 32.0 Å². The Morgan fingerprint density at radius 2 is 2.19 bits per heavy atom. The van der Waals surface area contributed by atoms with Crippen molar-refractivity contribution in [2.45, 2.75) is 33.6 Å². The first kappa shape index (κ1) is 11.2. The molecule has 2 heterocycles. The van der Waals surface area contributed by atoms with Crippen LogP contribution in [0.5, 0.6) is 0 Å². The number of thiophene rings is 1. The predicted octanol–water partition coefficient (Wildman–Crippen LogP) is 3.55. The van der Waals surface area contributed by atoms with Crippen LogP contribution < -0.4 is 5.73 Å². The highest BCUT2D eigenvalue weighted by Gasteiger charge is 2.17. The maximum atomic E-state index is 5.81. The lowest BCUT2D eigenvalue weighted by molar-refractivity contribution is 0.436. The molecular weight excluding hydrogens is 220 g/mol. The van der Waals surface area contributed by atoms with Gasteiger partial charge < -0.3 is 10.3 Å². The van der Waals surface area contributed by atoms with Crippen molar-refractivity contribution in [3.8, 4) is 10.6 Å². The summed E-state index contributed by atoms with van der Waals surface area (Å²) in [4.78, 5) is 2.44. The average molecular weight is 236 g/mol. The van der Waals surface area contributed by atoms with Crippen molar-refractivity contribution in [3.05, 3.63) is 22.1 Å². The van der Waals surface area contributed by atoms with Crippen LogP contribution in [0.15, 0.2) is 10.6 Å². The van der Waals surface area contributed by atoms with E-state index in [0.717, 1.165) is 29.0 Å². The van der Waals surface area contributed by atoms with Gasteiger partial charge in [0, 0.05) is 10.4 Å². The number of nitrogen functional groups attached to an aromatic ring is 1. The number of nitrogens with zero attached hydrogens (tertiary/aromatic N) is 1. The minimum Gasteiger partial charge on any atom is -0.381 e. The summed E-state index contributed by atoms with van der Waals surface area (Å²) < 4.78 is 5.34. The number of anilines is 1. The van der Waals surface area contributed by atoms with Gasteiger partial charge in [-0.15, -0.1) is 11.3 Å². The van der Waals surface area contributed by atoms with E-state index in [9.17, 15) is 0 Å². The Hall–Kier alpha value is -1.29. The quantitative estimate of drug-likeness (QED) is 0.886. The number of hydrogen-bond donors (Lipinski definition) is 1. The lowest BCUT2D eigenvalue weighted by atomic mass is 10.1. The van der Waals surface area contributed by atoms with Crippen LogP contribution in [-0.4, -0.2) is 5.16 Å². The van der Waals surface area contributed by atoms with Gasteiger partial charge in [0.05, 0.1) is 4.88 Å². The standard InChI is InChI=1S/C12H16N2OS/c1-4-5-9-11(15-14-12(9)13)10-6-7(2)8(3)16-10/h6H,4-5H2,1-3H3,(H2,13,14). The molecule has 0 aliphatic heterocycles. The molecule has 0 amide bonds. The number of aromatic nitrogens is 1. The van der Waals surface area contributed by atoms with Crippen LogP contribution in [0.4, 0.5) is 5.82 Å². The van der Waals surface area contributed by atoms with Crippen molar-refractivity contribution >= 4 is 17.2 Å². The van der Waals surface area contributed by atoms with Crippen molar-refractivity contribution in [3.63, 3.8) is 0 Å². The number of aryl methyl sites for hydroxylation is 2. The van der Waals surface area contributed by atoms with Gasteiger partial charge in [0.15, 0.2) is 11.6 Å². The van der Waals surface area contributed by atoms with E-state index in [4.69, 9.17) is 10.3 Å². The largest absolute Gasteiger partial charge is 0.381 e. The third-order valence-electron chi connectivity index (χ3n) is 2.71. The van der Waals surface area contributed by atoms with Crippen molar-refractivity contribution < 1.29 is 4.52 Å². The van der Waals surface area contributed by atoms with Crippen LogP contribution in [0, 0.1) is 13.8 Å². The number of hydrogen-bond acceptors (Lipinski definition) is 4. The molecule has 2 rings (SSSR count). The van der Waals surface area contributed by atoms with E-state index in [1.807, 2.05) is 0 Å². The Balaban J connectivity index is 2.47. The van der Waals surface area contributed by atoms with Gasteiger partial charge in [-0.3, -0.25) is 0 Å². The molecule has 0 fully saturated rings. The van der Waals surface area contributed by atoms with Crippen LogP contribution in [0.2, 0.25) is 0 Å². The van der Waals surface area contributed by atoms with Gasteiger partial charge in [-0.1, -0.05) is 18.5 Å². The number of rotatable bonds is 3. The summed E-state index contributed by atoms with van der Waals surface area (Å²) in [5.74, 6) is 1.38. The summed E-state index contributed by atoms with van der Waals surface area (Å²) in [6.45, 7) is 6.35. The zero-order valence-electron chi connectivity index (χ0n) is 9.83. The van der Waals surface area contributed by atoms with E-state index in [1.165, 1.54) is 10.4 Å². The Labute approximate surface area is 99.3 Å².